The summed E-state index contributed by atoms with van der Waals surface area (Å²) in [6.45, 7) is 1.92. The van der Waals surface area contributed by atoms with Gasteiger partial charge < -0.3 is 5.11 Å². The third-order valence-electron chi connectivity index (χ3n) is 2.96. The molecule has 1 unspecified atom stereocenters. The Labute approximate surface area is 116 Å². The minimum absolute atomic E-state index is 0.0881. The highest BCUT2D eigenvalue weighted by atomic mass is 16.6. The number of nitro groups is 1. The summed E-state index contributed by atoms with van der Waals surface area (Å²) in [4.78, 5) is 14.4. The molecule has 0 spiro atoms. The molecular formula is C15H14N2O3. The Morgan fingerprint density at radius 1 is 1.20 bits per heavy atom. The number of nitro benzene ring substituents is 1. The molecule has 20 heavy (non-hydrogen) atoms. The van der Waals surface area contributed by atoms with Gasteiger partial charge in [-0.25, -0.2) is 0 Å². The molecule has 1 atom stereocenters. The standard InChI is InChI=1S/C15H14N2O3/c1-11(12-6-3-2-4-7-12)16-10-13-8-5-9-14(15(13)18)17(19)20/h2-11,18H,1H3. The number of aliphatic imine (C=N–C) groups is 1. The van der Waals surface area contributed by atoms with Crippen LogP contribution in [0, 0.1) is 10.1 Å². The number of hydrogen-bond donors (Lipinski definition) is 1. The molecule has 1 N–H and O–H groups in total. The van der Waals surface area contributed by atoms with Crippen molar-refractivity contribution >= 4 is 11.9 Å². The van der Waals surface area contributed by atoms with Crippen LogP contribution in [0.5, 0.6) is 5.75 Å². The molecule has 102 valence electrons. The molecule has 2 aromatic carbocycles. The second-order valence-corrected chi connectivity index (χ2v) is 4.34. The Morgan fingerprint density at radius 3 is 2.55 bits per heavy atom. The lowest BCUT2D eigenvalue weighted by Gasteiger charge is -2.06. The lowest BCUT2D eigenvalue weighted by atomic mass is 10.1. The maximum atomic E-state index is 10.7. The van der Waals surface area contributed by atoms with E-state index >= 15 is 0 Å². The smallest absolute Gasteiger partial charge is 0.311 e. The minimum atomic E-state index is -0.618. The molecule has 0 aromatic heterocycles. The molecule has 2 aromatic rings. The van der Waals surface area contributed by atoms with E-state index in [4.69, 9.17) is 0 Å². The summed E-state index contributed by atoms with van der Waals surface area (Å²) >= 11 is 0. The SMILES string of the molecule is CC(N=Cc1cccc([N+](=O)[O-])c1O)c1ccccc1. The number of hydrogen-bond acceptors (Lipinski definition) is 4. The predicted molar refractivity (Wildman–Crippen MR) is 77.2 cm³/mol. The summed E-state index contributed by atoms with van der Waals surface area (Å²) < 4.78 is 0. The Morgan fingerprint density at radius 2 is 1.90 bits per heavy atom. The second kappa shape index (κ2) is 5.97. The largest absolute Gasteiger partial charge is 0.502 e. The average Bonchev–Trinajstić information content (AvgIpc) is 2.46. The van der Waals surface area contributed by atoms with Crippen LogP contribution < -0.4 is 0 Å². The fourth-order valence-electron chi connectivity index (χ4n) is 1.81. The number of para-hydroxylation sites is 1. The first-order valence-electron chi connectivity index (χ1n) is 6.14. The van der Waals surface area contributed by atoms with Crippen molar-refractivity contribution in [2.45, 2.75) is 13.0 Å². The van der Waals surface area contributed by atoms with E-state index in [-0.39, 0.29) is 17.5 Å². The molecule has 0 aliphatic carbocycles. The fraction of sp³-hybridized carbons (Fsp3) is 0.133. The lowest BCUT2D eigenvalue weighted by molar-refractivity contribution is -0.385. The Balaban J connectivity index is 2.24. The summed E-state index contributed by atoms with van der Waals surface area (Å²) in [7, 11) is 0. The third kappa shape index (κ3) is 3.00. The summed E-state index contributed by atoms with van der Waals surface area (Å²) in [6.07, 6.45) is 1.46. The molecule has 0 aliphatic heterocycles. The minimum Gasteiger partial charge on any atom is -0.502 e. The van der Waals surface area contributed by atoms with Crippen LogP contribution in [-0.4, -0.2) is 16.2 Å². The zero-order valence-electron chi connectivity index (χ0n) is 10.9. The van der Waals surface area contributed by atoms with Gasteiger partial charge in [-0.1, -0.05) is 36.4 Å². The summed E-state index contributed by atoms with van der Waals surface area (Å²) in [5.74, 6) is -0.360. The average molecular weight is 270 g/mol. The van der Waals surface area contributed by atoms with Gasteiger partial charge in [-0.15, -0.1) is 0 Å². The van der Waals surface area contributed by atoms with Crippen molar-refractivity contribution in [1.29, 1.82) is 0 Å². The van der Waals surface area contributed by atoms with Crippen LogP contribution >= 0.6 is 0 Å². The van der Waals surface area contributed by atoms with Gasteiger partial charge in [0.1, 0.15) is 0 Å². The van der Waals surface area contributed by atoms with Crippen molar-refractivity contribution in [2.24, 2.45) is 4.99 Å². The van der Waals surface area contributed by atoms with Crippen molar-refractivity contribution in [3.63, 3.8) is 0 Å². The quantitative estimate of drug-likeness (QED) is 0.525. The number of phenolic OH excluding ortho intramolecular Hbond substituents is 1. The van der Waals surface area contributed by atoms with Crippen molar-refractivity contribution in [2.75, 3.05) is 0 Å². The van der Waals surface area contributed by atoms with E-state index in [1.54, 1.807) is 6.07 Å². The highest BCUT2D eigenvalue weighted by molar-refractivity contribution is 5.85. The summed E-state index contributed by atoms with van der Waals surface area (Å²) in [5.41, 5.74) is 1.05. The molecule has 0 amide bonds. The fourth-order valence-corrected chi connectivity index (χ4v) is 1.81. The van der Waals surface area contributed by atoms with Crippen molar-refractivity contribution in [3.05, 3.63) is 69.8 Å². The molecule has 0 radical (unpaired) electrons. The maximum absolute atomic E-state index is 10.7. The van der Waals surface area contributed by atoms with Gasteiger partial charge >= 0.3 is 5.69 Å². The predicted octanol–water partition coefficient (Wildman–Crippen LogP) is 3.48. The van der Waals surface area contributed by atoms with Crippen LogP contribution in [0.25, 0.3) is 0 Å². The normalized spacial score (nSPS) is 12.4. The van der Waals surface area contributed by atoms with Gasteiger partial charge in [-0.3, -0.25) is 15.1 Å². The molecule has 0 saturated carbocycles. The maximum Gasteiger partial charge on any atom is 0.311 e. The summed E-state index contributed by atoms with van der Waals surface area (Å²) in [5, 5.41) is 20.5. The van der Waals surface area contributed by atoms with Crippen LogP contribution in [0.15, 0.2) is 53.5 Å². The number of aromatic hydroxyl groups is 1. The van der Waals surface area contributed by atoms with E-state index in [2.05, 4.69) is 4.99 Å². The Bertz CT molecular complexity index is 639. The lowest BCUT2D eigenvalue weighted by Crippen LogP contribution is -1.94. The van der Waals surface area contributed by atoms with Crippen LogP contribution in [0.2, 0.25) is 0 Å². The topological polar surface area (TPSA) is 75.7 Å². The van der Waals surface area contributed by atoms with Gasteiger partial charge in [-0.05, 0) is 18.6 Å². The first-order valence-corrected chi connectivity index (χ1v) is 6.14. The van der Waals surface area contributed by atoms with E-state index in [0.29, 0.717) is 5.56 Å². The van der Waals surface area contributed by atoms with E-state index in [0.717, 1.165) is 5.56 Å². The Kier molecular flexibility index (Phi) is 4.10. The summed E-state index contributed by atoms with van der Waals surface area (Å²) in [6, 6.07) is 14.0. The molecule has 0 saturated heterocycles. The van der Waals surface area contributed by atoms with Crippen molar-refractivity contribution in [1.82, 2.24) is 0 Å². The molecule has 5 heteroatoms. The van der Waals surface area contributed by atoms with Gasteiger partial charge in [0.05, 0.1) is 11.0 Å². The Hall–Kier alpha value is -2.69. The molecule has 5 nitrogen and oxygen atoms in total. The molecule has 2 rings (SSSR count). The van der Waals surface area contributed by atoms with Gasteiger partial charge in [0.2, 0.25) is 5.75 Å². The molecule has 0 heterocycles. The second-order valence-electron chi connectivity index (χ2n) is 4.34. The number of phenols is 1. The first kappa shape index (κ1) is 13.7. The monoisotopic (exact) mass is 270 g/mol. The molecule has 0 aliphatic rings. The van der Waals surface area contributed by atoms with Gasteiger partial charge in [0.15, 0.2) is 0 Å². The van der Waals surface area contributed by atoms with Crippen LogP contribution in [0.1, 0.15) is 24.1 Å². The van der Waals surface area contributed by atoms with E-state index in [1.807, 2.05) is 37.3 Å². The highest BCUT2D eigenvalue weighted by Gasteiger charge is 2.15. The van der Waals surface area contributed by atoms with Crippen LogP contribution in [0.4, 0.5) is 5.69 Å². The van der Waals surface area contributed by atoms with Crippen LogP contribution in [-0.2, 0) is 0 Å². The van der Waals surface area contributed by atoms with E-state index in [1.165, 1.54) is 18.3 Å². The van der Waals surface area contributed by atoms with Gasteiger partial charge in [0, 0.05) is 17.8 Å². The van der Waals surface area contributed by atoms with Crippen molar-refractivity contribution in [3.8, 4) is 5.75 Å². The van der Waals surface area contributed by atoms with E-state index < -0.39 is 4.92 Å². The zero-order valence-corrected chi connectivity index (χ0v) is 10.9. The number of rotatable bonds is 4. The van der Waals surface area contributed by atoms with Crippen LogP contribution in [0.3, 0.4) is 0 Å². The number of benzene rings is 2. The molecule has 0 bridgehead atoms. The zero-order chi connectivity index (χ0) is 14.5. The molecule has 0 fully saturated rings. The van der Waals surface area contributed by atoms with Crippen molar-refractivity contribution < 1.29 is 10.0 Å². The highest BCUT2D eigenvalue weighted by Crippen LogP contribution is 2.28. The third-order valence-corrected chi connectivity index (χ3v) is 2.96. The number of nitrogens with zero attached hydrogens (tertiary/aromatic N) is 2. The first-order chi connectivity index (χ1) is 9.59. The van der Waals surface area contributed by atoms with Gasteiger partial charge in [0.25, 0.3) is 0 Å². The van der Waals surface area contributed by atoms with Gasteiger partial charge in [-0.2, -0.15) is 0 Å². The van der Waals surface area contributed by atoms with E-state index in [9.17, 15) is 15.2 Å². The molecular weight excluding hydrogens is 256 g/mol.